The summed E-state index contributed by atoms with van der Waals surface area (Å²) in [6, 6.07) is 5.83. The number of hydrogen-bond donors (Lipinski definition) is 1. The molecule has 18 heteroatoms. The summed E-state index contributed by atoms with van der Waals surface area (Å²) in [6.45, 7) is 5.43. The first kappa shape index (κ1) is 40.8. The quantitative estimate of drug-likeness (QED) is 0.254. The van der Waals surface area contributed by atoms with Crippen molar-refractivity contribution in [3.8, 4) is 11.1 Å². The monoisotopic (exact) mass is 862 g/mol. The van der Waals surface area contributed by atoms with Crippen molar-refractivity contribution < 1.29 is 37.5 Å². The molecule has 1 N–H and O–H groups in total. The summed E-state index contributed by atoms with van der Waals surface area (Å²) in [4.78, 5) is 86.5. The number of anilines is 2. The van der Waals surface area contributed by atoms with Crippen molar-refractivity contribution in [3.05, 3.63) is 81.3 Å². The zero-order valence-electron chi connectivity index (χ0n) is 35.2. The number of amides is 6. The van der Waals surface area contributed by atoms with Crippen molar-refractivity contribution in [2.24, 2.45) is 7.05 Å². The van der Waals surface area contributed by atoms with E-state index in [2.05, 4.69) is 20.0 Å². The number of piperidine rings is 2. The van der Waals surface area contributed by atoms with Gasteiger partial charge in [0.05, 0.1) is 36.5 Å². The van der Waals surface area contributed by atoms with Crippen LogP contribution in [-0.4, -0.2) is 113 Å². The van der Waals surface area contributed by atoms with Crippen LogP contribution in [0, 0.1) is 0 Å². The maximum Gasteiger partial charge on any atom is 0.264 e. The first-order valence-corrected chi connectivity index (χ1v) is 21.8. The van der Waals surface area contributed by atoms with E-state index in [9.17, 15) is 37.5 Å². The molecule has 6 amide bonds. The number of aryl methyl sites for hydroxylation is 2. The Morgan fingerprint density at radius 3 is 2.19 bits per heavy atom. The smallest absolute Gasteiger partial charge is 0.264 e. The van der Waals surface area contributed by atoms with E-state index in [-0.39, 0.29) is 53.9 Å². The van der Waals surface area contributed by atoms with Crippen LogP contribution >= 0.6 is 0 Å². The lowest BCUT2D eigenvalue weighted by atomic mass is 9.92. The lowest BCUT2D eigenvalue weighted by Gasteiger charge is -2.34. The molecule has 4 aromatic rings. The maximum absolute atomic E-state index is 14.8. The number of fused-ring (bicyclic) bond motifs is 4. The van der Waals surface area contributed by atoms with Gasteiger partial charge in [0.1, 0.15) is 6.04 Å². The predicted molar refractivity (Wildman–Crippen MR) is 223 cm³/mol. The highest BCUT2D eigenvalue weighted by molar-refractivity contribution is 6.23. The third-order valence-corrected chi connectivity index (χ3v) is 13.7. The fraction of sp³-hybridized carbons (Fsp3) is 0.467. The molecule has 2 aromatic carbocycles. The topological polar surface area (TPSA) is 166 Å². The molecule has 2 fully saturated rings. The first-order chi connectivity index (χ1) is 30.4. The summed E-state index contributed by atoms with van der Waals surface area (Å²) >= 11 is 0. The number of halogens is 2. The highest BCUT2D eigenvalue weighted by Crippen LogP contribution is 2.44. The van der Waals surface area contributed by atoms with E-state index in [0.29, 0.717) is 94.1 Å². The molecular formula is C45H48F2N10O6. The Balaban J connectivity index is 0.842. The van der Waals surface area contributed by atoms with Crippen LogP contribution in [0.15, 0.2) is 36.7 Å². The van der Waals surface area contributed by atoms with E-state index in [1.54, 1.807) is 42.3 Å². The lowest BCUT2D eigenvalue weighted by Crippen LogP contribution is -2.54. The van der Waals surface area contributed by atoms with Crippen LogP contribution in [0.1, 0.15) is 112 Å². The van der Waals surface area contributed by atoms with Crippen molar-refractivity contribution in [2.45, 2.75) is 96.4 Å². The van der Waals surface area contributed by atoms with Crippen LogP contribution in [0.5, 0.6) is 0 Å². The van der Waals surface area contributed by atoms with Crippen molar-refractivity contribution in [1.82, 2.24) is 44.5 Å². The highest BCUT2D eigenvalue weighted by atomic mass is 19.3. The summed E-state index contributed by atoms with van der Waals surface area (Å²) in [5, 5.41) is 11.7. The van der Waals surface area contributed by atoms with Crippen LogP contribution in [-0.2, 0) is 58.7 Å². The summed E-state index contributed by atoms with van der Waals surface area (Å²) in [6.07, 6.45) is 4.64. The fourth-order valence-corrected chi connectivity index (χ4v) is 10.4. The van der Waals surface area contributed by atoms with Crippen LogP contribution < -0.4 is 10.2 Å². The molecule has 0 bridgehead atoms. The van der Waals surface area contributed by atoms with Gasteiger partial charge in [-0.2, -0.15) is 10.2 Å². The van der Waals surface area contributed by atoms with Gasteiger partial charge in [-0.05, 0) is 78.6 Å². The fourth-order valence-electron chi connectivity index (χ4n) is 10.4. The van der Waals surface area contributed by atoms with Crippen LogP contribution in [0.4, 0.5) is 20.3 Å². The summed E-state index contributed by atoms with van der Waals surface area (Å²) in [7, 11) is 1.76. The number of likely N-dealkylation sites (tertiary alicyclic amines) is 1. The molecule has 0 aliphatic carbocycles. The number of carbonyl (C=O) groups is 6. The van der Waals surface area contributed by atoms with Gasteiger partial charge < -0.3 is 14.7 Å². The Morgan fingerprint density at radius 2 is 1.54 bits per heavy atom. The SMILES string of the molecule is CCC(=O)N1CCc2c(c(N3CCCc4cc(-c5cnn(C)c5)c(C(F)F)cc43)nn2C2CCN(C(=O)CN3Cc4cc5c(cc4C3)C(=O)N(C3CCC(=O)NC3=O)C5=O)CC2)C1. The number of nitrogens with zero attached hydrogens (tertiary/aromatic N) is 9. The third kappa shape index (κ3) is 7.07. The van der Waals surface area contributed by atoms with E-state index in [0.717, 1.165) is 45.7 Å². The average molecular weight is 863 g/mol. The second kappa shape index (κ2) is 15.8. The van der Waals surface area contributed by atoms with Gasteiger partial charge in [0.2, 0.25) is 23.6 Å². The maximum atomic E-state index is 14.8. The lowest BCUT2D eigenvalue weighted by molar-refractivity contribution is -0.136. The molecule has 8 heterocycles. The molecule has 6 aliphatic rings. The zero-order valence-corrected chi connectivity index (χ0v) is 35.2. The molecule has 0 spiro atoms. The predicted octanol–water partition coefficient (Wildman–Crippen LogP) is 4.18. The van der Waals surface area contributed by atoms with E-state index in [1.807, 2.05) is 27.7 Å². The van der Waals surface area contributed by atoms with Gasteiger partial charge in [0.15, 0.2) is 5.82 Å². The van der Waals surface area contributed by atoms with Gasteiger partial charge in [-0.1, -0.05) is 6.92 Å². The van der Waals surface area contributed by atoms with E-state index < -0.39 is 36.1 Å². The second-order valence-electron chi connectivity index (χ2n) is 17.5. The molecule has 63 heavy (non-hydrogen) atoms. The number of nitrogens with one attached hydrogen (secondary N) is 1. The van der Waals surface area contributed by atoms with Crippen molar-refractivity contribution in [3.63, 3.8) is 0 Å². The van der Waals surface area contributed by atoms with Gasteiger partial charge in [-0.3, -0.25) is 53.2 Å². The largest absolute Gasteiger partial charge is 0.341 e. The molecule has 1 atom stereocenters. The normalized spacial score (nSPS) is 20.4. The van der Waals surface area contributed by atoms with Crippen LogP contribution in [0.25, 0.3) is 11.1 Å². The Labute approximate surface area is 361 Å². The van der Waals surface area contributed by atoms with E-state index in [1.165, 1.54) is 0 Å². The highest BCUT2D eigenvalue weighted by Gasteiger charge is 2.46. The first-order valence-electron chi connectivity index (χ1n) is 21.8. The number of benzene rings is 2. The number of rotatable bonds is 8. The minimum absolute atomic E-state index is 0.00735. The van der Waals surface area contributed by atoms with Crippen molar-refractivity contribution >= 4 is 46.9 Å². The summed E-state index contributed by atoms with van der Waals surface area (Å²) in [5.74, 6) is -1.47. The van der Waals surface area contributed by atoms with Gasteiger partial charge in [0.25, 0.3) is 18.2 Å². The molecule has 6 aliphatic heterocycles. The Kier molecular flexibility index (Phi) is 10.2. The molecule has 10 rings (SSSR count). The van der Waals surface area contributed by atoms with Gasteiger partial charge in [-0.25, -0.2) is 8.78 Å². The van der Waals surface area contributed by atoms with Gasteiger partial charge in [-0.15, -0.1) is 0 Å². The molecule has 2 saturated heterocycles. The van der Waals surface area contributed by atoms with Crippen molar-refractivity contribution in [2.75, 3.05) is 37.6 Å². The van der Waals surface area contributed by atoms with Gasteiger partial charge in [0, 0.05) is 99.8 Å². The molecule has 0 radical (unpaired) electrons. The molecule has 0 saturated carbocycles. The average Bonchev–Trinajstić information content (AvgIpc) is 4.05. The van der Waals surface area contributed by atoms with Crippen molar-refractivity contribution in [1.29, 1.82) is 0 Å². The van der Waals surface area contributed by atoms with E-state index >= 15 is 0 Å². The second-order valence-corrected chi connectivity index (χ2v) is 17.5. The standard InChI is InChI=1S/C45H48F2N10O6/c1-3-39(59)54-14-10-35-34(23-54)42(55-11-4-5-25-15-30(28-19-48-51(2)20-28)31(41(46)47)18-37(25)55)50-57(35)29-8-12-53(13-9-29)40(60)24-52-21-26-16-32-33(17-27(26)22-52)45(63)56(44(32)62)36-6-7-38(58)49-43(36)61/h15-20,29,36,41H,3-14,21-24H2,1-2H3,(H,49,58,61). The summed E-state index contributed by atoms with van der Waals surface area (Å²) in [5.41, 5.74) is 6.84. The minimum Gasteiger partial charge on any atom is -0.341 e. The van der Waals surface area contributed by atoms with Crippen LogP contribution in [0.2, 0.25) is 0 Å². The third-order valence-electron chi connectivity index (χ3n) is 13.7. The number of hydrogen-bond acceptors (Lipinski definition) is 10. The Morgan fingerprint density at radius 1 is 0.825 bits per heavy atom. The Hall–Kier alpha value is -6.30. The molecule has 1 unspecified atom stereocenters. The molecule has 2 aromatic heterocycles. The number of aromatic nitrogens is 4. The number of alkyl halides is 2. The van der Waals surface area contributed by atoms with Gasteiger partial charge >= 0.3 is 0 Å². The summed E-state index contributed by atoms with van der Waals surface area (Å²) < 4.78 is 33.2. The molecular weight excluding hydrogens is 815 g/mol. The van der Waals surface area contributed by atoms with E-state index in [4.69, 9.17) is 5.10 Å². The zero-order chi connectivity index (χ0) is 43.8. The Bertz CT molecular complexity index is 2570. The number of imide groups is 2. The number of carbonyl (C=O) groups excluding carboxylic acids is 6. The molecule has 328 valence electrons. The van der Waals surface area contributed by atoms with Crippen LogP contribution in [0.3, 0.4) is 0 Å². The minimum atomic E-state index is -2.70. The molecule has 16 nitrogen and oxygen atoms in total.